The van der Waals surface area contributed by atoms with E-state index in [2.05, 4.69) is 27.4 Å². The molecule has 108 valence electrons. The number of carbonyl (C=O) groups excluding carboxylic acids is 1. The second-order valence-electron chi connectivity index (χ2n) is 4.47. The minimum Gasteiger partial charge on any atom is -0.296 e. The van der Waals surface area contributed by atoms with Crippen molar-refractivity contribution in [2.45, 2.75) is 20.3 Å². The molecular formula is C14H14N4OS2. The number of thiophene rings is 1. The van der Waals surface area contributed by atoms with Gasteiger partial charge < -0.3 is 0 Å². The van der Waals surface area contributed by atoms with E-state index in [1.54, 1.807) is 17.4 Å². The molecule has 1 amide bonds. The average molecular weight is 318 g/mol. The van der Waals surface area contributed by atoms with Gasteiger partial charge in [-0.3, -0.25) is 15.2 Å². The van der Waals surface area contributed by atoms with E-state index in [0.717, 1.165) is 27.6 Å². The third-order valence-electron chi connectivity index (χ3n) is 3.05. The van der Waals surface area contributed by atoms with Crippen molar-refractivity contribution < 1.29 is 4.79 Å². The molecule has 7 heteroatoms. The summed E-state index contributed by atoms with van der Waals surface area (Å²) in [6, 6.07) is 5.70. The zero-order chi connectivity index (χ0) is 14.8. The van der Waals surface area contributed by atoms with E-state index in [9.17, 15) is 4.79 Å². The summed E-state index contributed by atoms with van der Waals surface area (Å²) in [6.45, 7) is 4.06. The zero-order valence-electron chi connectivity index (χ0n) is 11.6. The molecule has 0 bridgehead atoms. The van der Waals surface area contributed by atoms with Crippen molar-refractivity contribution in [3.63, 3.8) is 0 Å². The molecule has 3 aromatic heterocycles. The van der Waals surface area contributed by atoms with E-state index in [1.165, 1.54) is 11.3 Å². The number of amides is 1. The number of aryl methyl sites for hydroxylation is 2. The predicted octanol–water partition coefficient (Wildman–Crippen LogP) is 3.72. The summed E-state index contributed by atoms with van der Waals surface area (Å²) in [4.78, 5) is 18.8. The molecule has 3 aromatic rings. The normalized spacial score (nSPS) is 10.8. The number of thiazole rings is 1. The molecule has 0 saturated carbocycles. The molecule has 21 heavy (non-hydrogen) atoms. The van der Waals surface area contributed by atoms with Gasteiger partial charge in [0.05, 0.1) is 16.3 Å². The fourth-order valence-electron chi connectivity index (χ4n) is 1.97. The van der Waals surface area contributed by atoms with Gasteiger partial charge in [0, 0.05) is 4.88 Å². The summed E-state index contributed by atoms with van der Waals surface area (Å²) < 4.78 is 0. The van der Waals surface area contributed by atoms with Crippen molar-refractivity contribution >= 4 is 33.7 Å². The van der Waals surface area contributed by atoms with E-state index >= 15 is 0 Å². The van der Waals surface area contributed by atoms with Crippen LogP contribution in [0.2, 0.25) is 0 Å². The maximum atomic E-state index is 12.2. The molecule has 0 fully saturated rings. The number of hydrogen-bond acceptors (Lipinski definition) is 5. The van der Waals surface area contributed by atoms with E-state index in [-0.39, 0.29) is 5.91 Å². The number of nitrogens with one attached hydrogen (secondary N) is 2. The molecule has 0 aromatic carbocycles. The van der Waals surface area contributed by atoms with Gasteiger partial charge in [-0.25, -0.2) is 4.98 Å². The molecule has 3 heterocycles. The zero-order valence-corrected chi connectivity index (χ0v) is 13.3. The highest BCUT2D eigenvalue weighted by molar-refractivity contribution is 7.15. The number of hydrogen-bond donors (Lipinski definition) is 2. The number of H-pyrrole nitrogens is 1. The molecule has 5 nitrogen and oxygen atoms in total. The van der Waals surface area contributed by atoms with E-state index in [1.807, 2.05) is 24.4 Å². The Hall–Kier alpha value is -1.99. The average Bonchev–Trinajstić information content (AvgIpc) is 3.18. The summed E-state index contributed by atoms with van der Waals surface area (Å²) in [5.74, 6) is -0.245. The van der Waals surface area contributed by atoms with Gasteiger partial charge in [0.2, 0.25) is 0 Å². The smallest absolute Gasteiger partial charge is 0.277 e. The Kier molecular flexibility index (Phi) is 3.85. The van der Waals surface area contributed by atoms with Crippen molar-refractivity contribution in [2.75, 3.05) is 5.32 Å². The van der Waals surface area contributed by atoms with Crippen molar-refractivity contribution in [1.29, 1.82) is 0 Å². The van der Waals surface area contributed by atoms with Gasteiger partial charge >= 0.3 is 0 Å². The van der Waals surface area contributed by atoms with Gasteiger partial charge in [-0.2, -0.15) is 5.10 Å². The van der Waals surface area contributed by atoms with Crippen LogP contribution in [-0.4, -0.2) is 21.1 Å². The molecule has 0 aliphatic rings. The molecule has 0 aliphatic heterocycles. The number of carbonyl (C=O) groups is 1. The molecule has 0 atom stereocenters. The lowest BCUT2D eigenvalue weighted by atomic mass is 10.3. The van der Waals surface area contributed by atoms with Gasteiger partial charge in [-0.1, -0.05) is 13.0 Å². The third-order valence-corrected chi connectivity index (χ3v) is 4.88. The van der Waals surface area contributed by atoms with Crippen LogP contribution in [0.25, 0.3) is 10.6 Å². The topological polar surface area (TPSA) is 70.7 Å². The summed E-state index contributed by atoms with van der Waals surface area (Å²) in [7, 11) is 0. The summed E-state index contributed by atoms with van der Waals surface area (Å²) in [5, 5.41) is 12.4. The molecule has 2 N–H and O–H groups in total. The summed E-state index contributed by atoms with van der Waals surface area (Å²) in [5.41, 5.74) is 2.24. The Bertz CT molecular complexity index is 758. The molecule has 0 radical (unpaired) electrons. The Morgan fingerprint density at radius 1 is 1.48 bits per heavy atom. The third kappa shape index (κ3) is 2.88. The first-order chi connectivity index (χ1) is 10.2. The standard InChI is InChI=1S/C14H14N4OS2/c1-3-9-8(2)21-14(15-9)16-13(19)11-7-10(17-18-11)12-5-4-6-20-12/h4-7H,3H2,1-2H3,(H,17,18)(H,15,16,19). The van der Waals surface area contributed by atoms with Gasteiger partial charge in [0.15, 0.2) is 10.8 Å². The summed E-state index contributed by atoms with van der Waals surface area (Å²) >= 11 is 3.09. The van der Waals surface area contributed by atoms with Crippen molar-refractivity contribution in [1.82, 2.24) is 15.2 Å². The van der Waals surface area contributed by atoms with Gasteiger partial charge in [0.25, 0.3) is 5.91 Å². The number of anilines is 1. The van der Waals surface area contributed by atoms with Crippen LogP contribution in [0.3, 0.4) is 0 Å². The van der Waals surface area contributed by atoms with Crippen LogP contribution in [0.1, 0.15) is 28.0 Å². The highest BCUT2D eigenvalue weighted by Crippen LogP contribution is 2.25. The summed E-state index contributed by atoms with van der Waals surface area (Å²) in [6.07, 6.45) is 0.864. The van der Waals surface area contributed by atoms with Gasteiger partial charge in [-0.15, -0.1) is 22.7 Å². The lowest BCUT2D eigenvalue weighted by molar-refractivity contribution is 0.102. The Balaban J connectivity index is 1.76. The van der Waals surface area contributed by atoms with Crippen LogP contribution in [-0.2, 0) is 6.42 Å². The predicted molar refractivity (Wildman–Crippen MR) is 86.1 cm³/mol. The molecule has 3 rings (SSSR count). The number of aromatic amines is 1. The first-order valence-corrected chi connectivity index (χ1v) is 8.24. The van der Waals surface area contributed by atoms with Crippen molar-refractivity contribution in [3.8, 4) is 10.6 Å². The minimum absolute atomic E-state index is 0.245. The Labute approximate surface area is 130 Å². The first-order valence-electron chi connectivity index (χ1n) is 6.54. The quantitative estimate of drug-likeness (QED) is 0.770. The number of nitrogens with zero attached hydrogens (tertiary/aromatic N) is 2. The molecule has 0 aliphatic carbocycles. The highest BCUT2D eigenvalue weighted by atomic mass is 32.1. The van der Waals surface area contributed by atoms with E-state index in [4.69, 9.17) is 0 Å². The van der Waals surface area contributed by atoms with Crippen molar-refractivity contribution in [2.24, 2.45) is 0 Å². The lowest BCUT2D eigenvalue weighted by Crippen LogP contribution is -2.12. The number of aromatic nitrogens is 3. The van der Waals surface area contributed by atoms with Gasteiger partial charge in [0.1, 0.15) is 0 Å². The second kappa shape index (κ2) is 5.79. The van der Waals surface area contributed by atoms with Crippen LogP contribution in [0.4, 0.5) is 5.13 Å². The minimum atomic E-state index is -0.245. The maximum Gasteiger partial charge on any atom is 0.277 e. The maximum absolute atomic E-state index is 12.2. The van der Waals surface area contributed by atoms with Crippen LogP contribution in [0, 0.1) is 6.92 Å². The molecule has 0 unspecified atom stereocenters. The number of rotatable bonds is 4. The van der Waals surface area contributed by atoms with Gasteiger partial charge in [-0.05, 0) is 30.9 Å². The SMILES string of the molecule is CCc1nc(NC(=O)c2cc(-c3cccs3)[nH]n2)sc1C. The Morgan fingerprint density at radius 2 is 2.33 bits per heavy atom. The van der Waals surface area contributed by atoms with Crippen LogP contribution in [0.15, 0.2) is 23.6 Å². The van der Waals surface area contributed by atoms with Crippen LogP contribution < -0.4 is 5.32 Å². The van der Waals surface area contributed by atoms with Crippen molar-refractivity contribution in [3.05, 3.63) is 39.8 Å². The van der Waals surface area contributed by atoms with E-state index < -0.39 is 0 Å². The van der Waals surface area contributed by atoms with E-state index in [0.29, 0.717) is 10.8 Å². The fourth-order valence-corrected chi connectivity index (χ4v) is 3.56. The first kappa shape index (κ1) is 14.0. The highest BCUT2D eigenvalue weighted by Gasteiger charge is 2.14. The largest absolute Gasteiger partial charge is 0.296 e. The van der Waals surface area contributed by atoms with Crippen LogP contribution >= 0.6 is 22.7 Å². The Morgan fingerprint density at radius 3 is 3.00 bits per heavy atom. The second-order valence-corrected chi connectivity index (χ2v) is 6.62. The molecular weight excluding hydrogens is 304 g/mol. The van der Waals surface area contributed by atoms with Crippen LogP contribution in [0.5, 0.6) is 0 Å². The monoisotopic (exact) mass is 318 g/mol. The fraction of sp³-hybridized carbons (Fsp3) is 0.214. The lowest BCUT2D eigenvalue weighted by Gasteiger charge is -1.96. The molecule has 0 saturated heterocycles. The molecule has 0 spiro atoms.